The van der Waals surface area contributed by atoms with E-state index in [1.54, 1.807) is 41.5 Å². The van der Waals surface area contributed by atoms with Crippen molar-refractivity contribution in [2.75, 3.05) is 6.54 Å². The fourth-order valence-electron chi connectivity index (χ4n) is 8.83. The number of nitrogens with one attached hydrogen (secondary N) is 1. The van der Waals surface area contributed by atoms with Crippen LogP contribution in [0.25, 0.3) is 11.0 Å². The second-order valence-electron chi connectivity index (χ2n) is 16.9. The van der Waals surface area contributed by atoms with Crippen LogP contribution in [0.2, 0.25) is 0 Å². The molecule has 0 spiro atoms. The van der Waals surface area contributed by atoms with E-state index in [4.69, 9.17) is 9.47 Å². The summed E-state index contributed by atoms with van der Waals surface area (Å²) in [6.07, 6.45) is -4.63. The fourth-order valence-corrected chi connectivity index (χ4v) is 8.83. The van der Waals surface area contributed by atoms with E-state index in [-0.39, 0.29) is 41.1 Å². The minimum absolute atomic E-state index is 0.0561. The van der Waals surface area contributed by atoms with Gasteiger partial charge in [0.2, 0.25) is 11.8 Å². The van der Waals surface area contributed by atoms with E-state index in [2.05, 4.69) is 22.2 Å². The zero-order chi connectivity index (χ0) is 38.1. The third kappa shape index (κ3) is 7.07. The molecule has 2 aromatic rings. The number of rotatable bonds is 3. The van der Waals surface area contributed by atoms with Crippen LogP contribution < -0.4 is 10.1 Å². The van der Waals surface area contributed by atoms with Crippen molar-refractivity contribution in [1.29, 1.82) is 0 Å². The van der Waals surface area contributed by atoms with Crippen LogP contribution >= 0.6 is 0 Å². The first-order valence-corrected chi connectivity index (χ1v) is 18.4. The zero-order valence-corrected chi connectivity index (χ0v) is 30.8. The minimum Gasteiger partial charge on any atom is -0.471 e. The van der Waals surface area contributed by atoms with Gasteiger partial charge in [0.25, 0.3) is 5.92 Å². The predicted octanol–water partition coefficient (Wildman–Crippen LogP) is 8.08. The highest BCUT2D eigenvalue weighted by atomic mass is 19.4. The molecule has 1 aromatic heterocycles. The second-order valence-corrected chi connectivity index (χ2v) is 16.9. The first-order valence-electron chi connectivity index (χ1n) is 18.4. The summed E-state index contributed by atoms with van der Waals surface area (Å²) in [5, 5.41) is 2.82. The molecule has 3 heterocycles. The Bertz CT molecular complexity index is 1730. The summed E-state index contributed by atoms with van der Waals surface area (Å²) in [5.41, 5.74) is -3.16. The van der Waals surface area contributed by atoms with Crippen LogP contribution in [0.1, 0.15) is 105 Å². The average Bonchev–Trinajstić information content (AvgIpc) is 3.43. The van der Waals surface area contributed by atoms with Crippen LogP contribution in [-0.2, 0) is 26.4 Å². The van der Waals surface area contributed by atoms with Crippen molar-refractivity contribution in [1.82, 2.24) is 20.2 Å². The molecule has 1 saturated heterocycles. The molecule has 1 aromatic carbocycles. The van der Waals surface area contributed by atoms with Crippen molar-refractivity contribution in [3.05, 3.63) is 29.5 Å². The second kappa shape index (κ2) is 13.4. The monoisotopic (exact) mass is 736 g/mol. The molecular weight excluding hydrogens is 687 g/mol. The number of hydrogen-bond acceptors (Lipinski definition) is 7. The molecule has 6 rings (SSSR count). The highest BCUT2D eigenvalue weighted by Gasteiger charge is 2.64. The molecule has 52 heavy (non-hydrogen) atoms. The predicted molar refractivity (Wildman–Crippen MR) is 181 cm³/mol. The molecule has 286 valence electrons. The average molecular weight is 737 g/mol. The number of alkyl carbamates (subject to hydrolysis) is 1. The Labute approximate surface area is 300 Å². The third-order valence-electron chi connectivity index (χ3n) is 11.9. The number of Topliss-reactive ketones (excluding diaryl/α,β-unsaturated/α-hetero) is 1. The number of nitrogens with zero attached hydrogens (tertiary/aromatic N) is 3. The van der Waals surface area contributed by atoms with Gasteiger partial charge in [-0.3, -0.25) is 9.59 Å². The summed E-state index contributed by atoms with van der Waals surface area (Å²) in [6.45, 7) is 12.4. The SMILES string of the molecule is CCC1C2CN(C(=O)C(C(C)(C)C)NC(=O)OC3CC4CC4(C)C3CCCCC(F)(F)c3nc4ccc(C(F)(F)F)cc4nc3O2)C1C(=O)C(C)C. The van der Waals surface area contributed by atoms with Crippen LogP contribution in [0.4, 0.5) is 26.7 Å². The Kier molecular flexibility index (Phi) is 9.81. The third-order valence-corrected chi connectivity index (χ3v) is 11.9. The standard InChI is InChI=1S/C38H49F5N4O5/c1-8-22-27-18-47(28(22)29(48)19(2)3)33(49)31(35(4,5)6)46-34(50)52-26-16-21-17-36(21,7)23(26)11-9-10-14-37(39,40)30-32(51-27)45-25-15-20(38(41,42)43)12-13-24(25)44-30/h12-13,15,19,21-23,26-28,31H,8-11,14,16-18H2,1-7H3,(H,46,50). The van der Waals surface area contributed by atoms with Crippen molar-refractivity contribution in [2.45, 2.75) is 130 Å². The van der Waals surface area contributed by atoms with Crippen LogP contribution in [0.3, 0.4) is 0 Å². The van der Waals surface area contributed by atoms with Crippen molar-refractivity contribution >= 4 is 28.8 Å². The van der Waals surface area contributed by atoms with Gasteiger partial charge in [0.15, 0.2) is 11.5 Å². The van der Waals surface area contributed by atoms with Gasteiger partial charge in [-0.25, -0.2) is 14.8 Å². The zero-order valence-electron chi connectivity index (χ0n) is 30.8. The number of alkyl halides is 5. The number of hydrogen-bond donors (Lipinski definition) is 1. The molecule has 0 radical (unpaired) electrons. The van der Waals surface area contributed by atoms with Crippen molar-refractivity contribution in [2.24, 2.45) is 34.5 Å². The maximum atomic E-state index is 16.3. The van der Waals surface area contributed by atoms with E-state index >= 15 is 8.78 Å². The van der Waals surface area contributed by atoms with Crippen LogP contribution in [0.15, 0.2) is 18.2 Å². The van der Waals surface area contributed by atoms with Gasteiger partial charge in [-0.2, -0.15) is 22.0 Å². The van der Waals surface area contributed by atoms with Crippen molar-refractivity contribution < 1.29 is 45.8 Å². The molecule has 3 fully saturated rings. The lowest BCUT2D eigenvalue weighted by Crippen LogP contribution is -2.58. The normalized spacial score (nSPS) is 32.6. The summed E-state index contributed by atoms with van der Waals surface area (Å²) < 4.78 is 85.9. The number of carbonyl (C=O) groups is 3. The Balaban J connectivity index is 1.47. The lowest BCUT2D eigenvalue weighted by Gasteiger charge is -2.36. The lowest BCUT2D eigenvalue weighted by molar-refractivity contribution is -0.143. The lowest BCUT2D eigenvalue weighted by atomic mass is 9.84. The van der Waals surface area contributed by atoms with Crippen molar-refractivity contribution in [3.8, 4) is 5.88 Å². The molecule has 2 aliphatic carbocycles. The number of fused-ring (bicyclic) bond motifs is 7. The number of amides is 2. The summed E-state index contributed by atoms with van der Waals surface area (Å²) in [5.74, 6) is -5.97. The van der Waals surface area contributed by atoms with E-state index in [1.165, 1.54) is 4.90 Å². The van der Waals surface area contributed by atoms with Gasteiger partial charge in [-0.1, -0.05) is 54.9 Å². The van der Waals surface area contributed by atoms with Crippen LogP contribution in [0, 0.1) is 34.5 Å². The molecule has 8 atom stereocenters. The molecule has 2 amide bonds. The molecule has 2 saturated carbocycles. The van der Waals surface area contributed by atoms with E-state index in [9.17, 15) is 27.6 Å². The Hall–Kier alpha value is -3.58. The maximum absolute atomic E-state index is 16.3. The van der Waals surface area contributed by atoms with E-state index in [0.29, 0.717) is 31.6 Å². The Morgan fingerprint density at radius 2 is 1.77 bits per heavy atom. The van der Waals surface area contributed by atoms with E-state index in [0.717, 1.165) is 24.6 Å². The molecule has 9 nitrogen and oxygen atoms in total. The molecule has 2 aliphatic heterocycles. The topological polar surface area (TPSA) is 111 Å². The number of ketones is 1. The highest BCUT2D eigenvalue weighted by Crippen LogP contribution is 2.68. The Morgan fingerprint density at radius 1 is 1.06 bits per heavy atom. The number of halogens is 5. The molecule has 2 bridgehead atoms. The summed E-state index contributed by atoms with van der Waals surface area (Å²) in [7, 11) is 0. The molecule has 14 heteroatoms. The first kappa shape index (κ1) is 38.2. The van der Waals surface area contributed by atoms with Crippen LogP contribution in [-0.4, -0.2) is 63.5 Å². The van der Waals surface area contributed by atoms with Gasteiger partial charge in [-0.05, 0) is 67.1 Å². The molecule has 1 N–H and O–H groups in total. The summed E-state index contributed by atoms with van der Waals surface area (Å²) in [6, 6.07) is 0.375. The van der Waals surface area contributed by atoms with Crippen LogP contribution in [0.5, 0.6) is 5.88 Å². The number of ether oxygens (including phenoxy) is 2. The van der Waals surface area contributed by atoms with E-state index in [1.807, 2.05) is 0 Å². The summed E-state index contributed by atoms with van der Waals surface area (Å²) in [4.78, 5) is 51.7. The molecule has 4 aliphatic rings. The fraction of sp³-hybridized carbons (Fsp3) is 0.711. The largest absolute Gasteiger partial charge is 0.471 e. The van der Waals surface area contributed by atoms with Gasteiger partial charge in [-0.15, -0.1) is 0 Å². The molecule has 8 unspecified atom stereocenters. The van der Waals surface area contributed by atoms with Gasteiger partial charge in [0.05, 0.1) is 29.2 Å². The van der Waals surface area contributed by atoms with Gasteiger partial charge in [0, 0.05) is 24.2 Å². The summed E-state index contributed by atoms with van der Waals surface area (Å²) >= 11 is 0. The van der Waals surface area contributed by atoms with Gasteiger partial charge >= 0.3 is 12.3 Å². The quantitative estimate of drug-likeness (QED) is 0.318. The maximum Gasteiger partial charge on any atom is 0.416 e. The van der Waals surface area contributed by atoms with Gasteiger partial charge < -0.3 is 19.7 Å². The Morgan fingerprint density at radius 3 is 2.40 bits per heavy atom. The smallest absolute Gasteiger partial charge is 0.416 e. The first-order chi connectivity index (χ1) is 24.2. The van der Waals surface area contributed by atoms with Crippen molar-refractivity contribution in [3.63, 3.8) is 0 Å². The minimum atomic E-state index is -4.72. The van der Waals surface area contributed by atoms with Gasteiger partial charge in [0.1, 0.15) is 18.2 Å². The van der Waals surface area contributed by atoms with E-state index < -0.39 is 89.2 Å². The number of carbonyl (C=O) groups excluding carboxylic acids is 3. The number of benzene rings is 1. The highest BCUT2D eigenvalue weighted by molar-refractivity contribution is 5.94. The number of aromatic nitrogens is 2. The molecular formula is C38H49F5N4O5.